The number of nitrogens with one attached hydrogen (secondary N) is 1. The minimum absolute atomic E-state index is 0.733. The van der Waals surface area contributed by atoms with Crippen LogP contribution >= 0.6 is 0 Å². The molecule has 130 valence electrons. The maximum atomic E-state index is 5.22. The molecule has 1 N–H and O–H groups in total. The Labute approximate surface area is 152 Å². The highest BCUT2D eigenvalue weighted by atomic mass is 16.5. The van der Waals surface area contributed by atoms with Gasteiger partial charge in [-0.2, -0.15) is 0 Å². The van der Waals surface area contributed by atoms with Crippen LogP contribution in [0.25, 0.3) is 22.3 Å². The van der Waals surface area contributed by atoms with E-state index in [0.29, 0.717) is 0 Å². The summed E-state index contributed by atoms with van der Waals surface area (Å²) >= 11 is 0. The summed E-state index contributed by atoms with van der Waals surface area (Å²) in [6.07, 6.45) is 1.82. The zero-order chi connectivity index (χ0) is 17.9. The number of methoxy groups -OCH3 is 1. The topological polar surface area (TPSA) is 52.0 Å². The maximum Gasteiger partial charge on any atom is 0.203 e. The lowest BCUT2D eigenvalue weighted by molar-refractivity contribution is 0.415. The highest BCUT2D eigenvalue weighted by Crippen LogP contribution is 2.25. The first kappa shape index (κ1) is 16.1. The monoisotopic (exact) mass is 344 g/mol. The Morgan fingerprint density at radius 2 is 1.81 bits per heavy atom. The van der Waals surface area contributed by atoms with Crippen LogP contribution in [0.5, 0.6) is 5.75 Å². The minimum Gasteiger partial charge on any atom is -0.497 e. The second kappa shape index (κ2) is 6.88. The van der Waals surface area contributed by atoms with Crippen molar-refractivity contribution in [3.8, 4) is 17.0 Å². The zero-order valence-corrected chi connectivity index (χ0v) is 14.8. The largest absolute Gasteiger partial charge is 0.497 e. The summed E-state index contributed by atoms with van der Waals surface area (Å²) in [6, 6.07) is 20.3. The fourth-order valence-corrected chi connectivity index (χ4v) is 2.95. The highest BCUT2D eigenvalue weighted by Gasteiger charge is 2.10. The number of ether oxygens (including phenoxy) is 1. The van der Waals surface area contributed by atoms with Gasteiger partial charge in [-0.1, -0.05) is 30.3 Å². The van der Waals surface area contributed by atoms with Crippen molar-refractivity contribution in [1.82, 2.24) is 14.5 Å². The van der Waals surface area contributed by atoms with Gasteiger partial charge in [-0.15, -0.1) is 0 Å². The Morgan fingerprint density at radius 3 is 2.54 bits per heavy atom. The first-order valence-corrected chi connectivity index (χ1v) is 8.49. The Morgan fingerprint density at radius 1 is 1.04 bits per heavy atom. The number of imidazole rings is 1. The van der Waals surface area contributed by atoms with Gasteiger partial charge in [0.1, 0.15) is 11.3 Å². The fraction of sp³-hybridized carbons (Fsp3) is 0.143. The quantitative estimate of drug-likeness (QED) is 0.588. The van der Waals surface area contributed by atoms with Crippen LogP contribution in [0.4, 0.5) is 5.95 Å². The van der Waals surface area contributed by atoms with Crippen molar-refractivity contribution in [2.45, 2.75) is 6.54 Å². The van der Waals surface area contributed by atoms with E-state index in [1.807, 2.05) is 55.7 Å². The first-order chi connectivity index (χ1) is 12.7. The molecule has 0 atom stereocenters. The molecule has 0 radical (unpaired) electrons. The summed E-state index contributed by atoms with van der Waals surface area (Å²) in [7, 11) is 3.68. The van der Waals surface area contributed by atoms with Gasteiger partial charge in [0.25, 0.3) is 0 Å². The zero-order valence-electron chi connectivity index (χ0n) is 14.8. The van der Waals surface area contributed by atoms with Gasteiger partial charge < -0.3 is 14.6 Å². The van der Waals surface area contributed by atoms with Crippen molar-refractivity contribution in [3.63, 3.8) is 0 Å². The van der Waals surface area contributed by atoms with E-state index in [2.05, 4.69) is 38.1 Å². The summed E-state index contributed by atoms with van der Waals surface area (Å²) in [5.41, 5.74) is 5.10. The van der Waals surface area contributed by atoms with E-state index in [1.165, 1.54) is 5.56 Å². The van der Waals surface area contributed by atoms with E-state index >= 15 is 0 Å². The standard InChI is InChI=1S/C21H20N4O/c1-25-20-12-18(16-8-10-17(26-2)11-9-16)22-14-19(20)24-21(25)23-13-15-6-4-3-5-7-15/h3-12,14H,13H2,1-2H3,(H,23,24). The van der Waals surface area contributed by atoms with Gasteiger partial charge >= 0.3 is 0 Å². The molecule has 0 aliphatic rings. The molecule has 0 spiro atoms. The number of aromatic nitrogens is 3. The molecule has 26 heavy (non-hydrogen) atoms. The third-order valence-corrected chi connectivity index (χ3v) is 4.45. The molecule has 2 heterocycles. The second-order valence-corrected chi connectivity index (χ2v) is 6.12. The smallest absolute Gasteiger partial charge is 0.203 e. The molecule has 0 amide bonds. The Hall–Kier alpha value is -3.34. The van der Waals surface area contributed by atoms with Crippen molar-refractivity contribution in [3.05, 3.63) is 72.4 Å². The molecule has 5 nitrogen and oxygen atoms in total. The molecule has 2 aromatic carbocycles. The summed E-state index contributed by atoms with van der Waals surface area (Å²) in [6.45, 7) is 0.733. The SMILES string of the molecule is COc1ccc(-c2cc3c(cn2)nc(NCc2ccccc2)n3C)cc1. The van der Waals surface area contributed by atoms with Gasteiger partial charge in [0, 0.05) is 19.2 Å². The van der Waals surface area contributed by atoms with Crippen molar-refractivity contribution < 1.29 is 4.74 Å². The minimum atomic E-state index is 0.733. The van der Waals surface area contributed by atoms with E-state index in [-0.39, 0.29) is 0 Å². The van der Waals surface area contributed by atoms with Crippen LogP contribution in [0.3, 0.4) is 0 Å². The van der Waals surface area contributed by atoms with Crippen LogP contribution in [0.15, 0.2) is 66.9 Å². The van der Waals surface area contributed by atoms with Gasteiger partial charge in [-0.25, -0.2) is 4.98 Å². The van der Waals surface area contributed by atoms with Gasteiger partial charge in [-0.3, -0.25) is 4.98 Å². The van der Waals surface area contributed by atoms with E-state index in [4.69, 9.17) is 4.74 Å². The lowest BCUT2D eigenvalue weighted by atomic mass is 10.1. The molecule has 2 aromatic heterocycles. The molecule has 5 heteroatoms. The molecular weight excluding hydrogens is 324 g/mol. The van der Waals surface area contributed by atoms with Gasteiger partial charge in [-0.05, 0) is 35.9 Å². The Bertz CT molecular complexity index is 1020. The Kier molecular flexibility index (Phi) is 4.27. The Balaban J connectivity index is 1.62. The van der Waals surface area contributed by atoms with Crippen LogP contribution in [0, 0.1) is 0 Å². The van der Waals surface area contributed by atoms with Crippen molar-refractivity contribution in [2.24, 2.45) is 7.05 Å². The molecule has 0 fully saturated rings. The van der Waals surface area contributed by atoms with Gasteiger partial charge in [0.15, 0.2) is 0 Å². The molecule has 0 saturated carbocycles. The van der Waals surface area contributed by atoms with Gasteiger partial charge in [0.05, 0.1) is 24.5 Å². The van der Waals surface area contributed by atoms with E-state index in [1.54, 1.807) is 7.11 Å². The predicted molar refractivity (Wildman–Crippen MR) is 104 cm³/mol. The fourth-order valence-electron chi connectivity index (χ4n) is 2.95. The number of hydrogen-bond donors (Lipinski definition) is 1. The molecule has 0 bridgehead atoms. The predicted octanol–water partition coefficient (Wildman–Crippen LogP) is 4.26. The number of rotatable bonds is 5. The number of hydrogen-bond acceptors (Lipinski definition) is 4. The van der Waals surface area contributed by atoms with Crippen molar-refractivity contribution in [2.75, 3.05) is 12.4 Å². The third kappa shape index (κ3) is 3.11. The lowest BCUT2D eigenvalue weighted by Gasteiger charge is -2.06. The molecule has 0 saturated heterocycles. The van der Waals surface area contributed by atoms with E-state index in [0.717, 1.165) is 40.5 Å². The van der Waals surface area contributed by atoms with E-state index in [9.17, 15) is 0 Å². The third-order valence-electron chi connectivity index (χ3n) is 4.45. The van der Waals surface area contributed by atoms with Crippen molar-refractivity contribution in [1.29, 1.82) is 0 Å². The van der Waals surface area contributed by atoms with E-state index < -0.39 is 0 Å². The molecule has 0 unspecified atom stereocenters. The van der Waals surface area contributed by atoms with Crippen LogP contribution in [-0.4, -0.2) is 21.6 Å². The highest BCUT2D eigenvalue weighted by molar-refractivity contribution is 5.82. The number of anilines is 1. The first-order valence-electron chi connectivity index (χ1n) is 8.49. The molecular formula is C21H20N4O. The van der Waals surface area contributed by atoms with Crippen LogP contribution in [0.1, 0.15) is 5.56 Å². The van der Waals surface area contributed by atoms with Crippen molar-refractivity contribution >= 4 is 17.0 Å². The second-order valence-electron chi connectivity index (χ2n) is 6.12. The normalized spacial score (nSPS) is 10.8. The maximum absolute atomic E-state index is 5.22. The molecule has 0 aliphatic carbocycles. The number of fused-ring (bicyclic) bond motifs is 1. The summed E-state index contributed by atoms with van der Waals surface area (Å²) in [5.74, 6) is 1.67. The molecule has 4 aromatic rings. The summed E-state index contributed by atoms with van der Waals surface area (Å²) in [4.78, 5) is 9.22. The van der Waals surface area contributed by atoms with Crippen LogP contribution in [-0.2, 0) is 13.6 Å². The average molecular weight is 344 g/mol. The summed E-state index contributed by atoms with van der Waals surface area (Å²) in [5, 5.41) is 3.40. The number of benzene rings is 2. The molecule has 0 aliphatic heterocycles. The van der Waals surface area contributed by atoms with Gasteiger partial charge in [0.2, 0.25) is 5.95 Å². The number of aryl methyl sites for hydroxylation is 1. The van der Waals surface area contributed by atoms with Crippen LogP contribution < -0.4 is 10.1 Å². The lowest BCUT2D eigenvalue weighted by Crippen LogP contribution is -2.04. The molecule has 4 rings (SSSR count). The number of pyridine rings is 1. The van der Waals surface area contributed by atoms with Crippen LogP contribution in [0.2, 0.25) is 0 Å². The number of nitrogens with zero attached hydrogens (tertiary/aromatic N) is 3. The average Bonchev–Trinajstić information content (AvgIpc) is 3.02. The summed E-state index contributed by atoms with van der Waals surface area (Å²) < 4.78 is 7.28.